The molecule has 9 heteroatoms. The first-order valence-electron chi connectivity index (χ1n) is 4.50. The number of aldehydes is 1. The zero-order valence-electron chi connectivity index (χ0n) is 9.07. The van der Waals surface area contributed by atoms with Crippen molar-refractivity contribution in [3.8, 4) is 0 Å². The molecule has 0 saturated heterocycles. The maximum absolute atomic E-state index is 13.6. The summed E-state index contributed by atoms with van der Waals surface area (Å²) in [7, 11) is -3.68. The third kappa shape index (κ3) is 2.68. The summed E-state index contributed by atoms with van der Waals surface area (Å²) in [5.41, 5.74) is -3.87. The van der Waals surface area contributed by atoms with Crippen molar-refractivity contribution in [3.63, 3.8) is 0 Å². The van der Waals surface area contributed by atoms with Crippen LogP contribution in [0.3, 0.4) is 0 Å². The van der Waals surface area contributed by atoms with Crippen molar-refractivity contribution in [2.45, 2.75) is 5.50 Å². The smallest absolute Gasteiger partial charge is 0.298 e. The van der Waals surface area contributed by atoms with E-state index in [1.54, 1.807) is 0 Å². The van der Waals surface area contributed by atoms with Gasteiger partial charge >= 0.3 is 10.1 Å². The second-order valence-corrected chi connectivity index (χ2v) is 4.90. The van der Waals surface area contributed by atoms with E-state index in [4.69, 9.17) is 0 Å². The van der Waals surface area contributed by atoms with Gasteiger partial charge in [-0.15, -0.1) is 0 Å². The largest absolute Gasteiger partial charge is 0.304 e. The van der Waals surface area contributed by atoms with Crippen LogP contribution < -0.4 is 0 Å². The van der Waals surface area contributed by atoms with E-state index in [1.165, 1.54) is 0 Å². The lowest BCUT2D eigenvalue weighted by molar-refractivity contribution is -0.385. The first-order valence-corrected chi connectivity index (χ1v) is 5.97. The number of benzene rings is 1. The van der Waals surface area contributed by atoms with Gasteiger partial charge in [0.1, 0.15) is 0 Å². The standard InChI is InChI=1S/C9H8FNO6S/c1-17-18(15,16)9(10)6-2-3-8(11(13)14)7(4-6)5-12/h2-5,9H,1H3. The topological polar surface area (TPSA) is 104 Å². The Morgan fingerprint density at radius 2 is 2.11 bits per heavy atom. The summed E-state index contributed by atoms with van der Waals surface area (Å²) in [6.45, 7) is 0. The number of halogens is 1. The van der Waals surface area contributed by atoms with Gasteiger partial charge in [-0.3, -0.25) is 19.1 Å². The summed E-state index contributed by atoms with van der Waals surface area (Å²) in [4.78, 5) is 20.3. The molecule has 0 aliphatic carbocycles. The summed E-state index contributed by atoms with van der Waals surface area (Å²) >= 11 is 0. The second kappa shape index (κ2) is 5.19. The molecular formula is C9H8FNO6S. The van der Waals surface area contributed by atoms with Gasteiger partial charge in [0, 0.05) is 11.6 Å². The Morgan fingerprint density at radius 1 is 1.50 bits per heavy atom. The van der Waals surface area contributed by atoms with E-state index in [-0.39, 0.29) is 6.29 Å². The highest BCUT2D eigenvalue weighted by atomic mass is 32.2. The van der Waals surface area contributed by atoms with E-state index in [9.17, 15) is 27.7 Å². The van der Waals surface area contributed by atoms with Gasteiger partial charge in [-0.05, 0) is 12.1 Å². The number of carbonyl (C=O) groups excluding carboxylic acids is 1. The van der Waals surface area contributed by atoms with Gasteiger partial charge in [0.05, 0.1) is 17.6 Å². The molecule has 0 radical (unpaired) electrons. The summed E-state index contributed by atoms with van der Waals surface area (Å²) < 4.78 is 39.7. The minimum absolute atomic E-state index is 0.147. The Labute approximate surface area is 101 Å². The predicted molar refractivity (Wildman–Crippen MR) is 58.3 cm³/mol. The van der Waals surface area contributed by atoms with Gasteiger partial charge in [0.15, 0.2) is 6.29 Å². The lowest BCUT2D eigenvalue weighted by Gasteiger charge is -2.08. The zero-order chi connectivity index (χ0) is 13.9. The van der Waals surface area contributed by atoms with E-state index in [0.29, 0.717) is 0 Å². The molecule has 1 rings (SSSR count). The molecule has 0 bridgehead atoms. The van der Waals surface area contributed by atoms with Crippen LogP contribution in [0.15, 0.2) is 18.2 Å². The molecule has 1 aromatic rings. The number of carbonyl (C=O) groups is 1. The average Bonchev–Trinajstić information content (AvgIpc) is 2.36. The molecule has 0 saturated carbocycles. The Hall–Kier alpha value is -1.87. The Kier molecular flexibility index (Phi) is 4.09. The molecule has 1 aromatic carbocycles. The van der Waals surface area contributed by atoms with Crippen molar-refractivity contribution < 1.29 is 26.7 Å². The Balaban J connectivity index is 3.30. The number of nitrogens with zero attached hydrogens (tertiary/aromatic N) is 1. The SMILES string of the molecule is COS(=O)(=O)C(F)c1ccc([N+](=O)[O-])c(C=O)c1. The second-order valence-electron chi connectivity index (χ2n) is 3.17. The highest BCUT2D eigenvalue weighted by Gasteiger charge is 2.28. The molecule has 1 atom stereocenters. The van der Waals surface area contributed by atoms with E-state index in [2.05, 4.69) is 4.18 Å². The van der Waals surface area contributed by atoms with Crippen LogP contribution in [0.4, 0.5) is 10.1 Å². The molecule has 0 aliphatic rings. The van der Waals surface area contributed by atoms with Crippen molar-refractivity contribution >= 4 is 22.1 Å². The third-order valence-electron chi connectivity index (χ3n) is 2.12. The fraction of sp³-hybridized carbons (Fsp3) is 0.222. The molecule has 0 aliphatic heterocycles. The zero-order valence-corrected chi connectivity index (χ0v) is 9.89. The maximum atomic E-state index is 13.6. The molecule has 98 valence electrons. The predicted octanol–water partition coefficient (Wildman–Crippen LogP) is 1.35. The maximum Gasteiger partial charge on any atom is 0.304 e. The van der Waals surface area contributed by atoms with E-state index >= 15 is 0 Å². The van der Waals surface area contributed by atoms with Crippen LogP contribution in [-0.2, 0) is 14.3 Å². The van der Waals surface area contributed by atoms with Crippen LogP contribution in [0.5, 0.6) is 0 Å². The highest BCUT2D eigenvalue weighted by molar-refractivity contribution is 7.86. The fourth-order valence-corrected chi connectivity index (χ4v) is 1.87. The minimum atomic E-state index is -4.46. The van der Waals surface area contributed by atoms with Gasteiger partial charge in [-0.25, -0.2) is 4.39 Å². The molecule has 0 amide bonds. The number of alkyl halides is 1. The minimum Gasteiger partial charge on any atom is -0.298 e. The molecule has 0 heterocycles. The molecular weight excluding hydrogens is 269 g/mol. The Morgan fingerprint density at radius 3 is 2.56 bits per heavy atom. The number of nitro benzene ring substituents is 1. The number of hydrogen-bond acceptors (Lipinski definition) is 6. The third-order valence-corrected chi connectivity index (χ3v) is 3.37. The molecule has 0 aromatic heterocycles. The van der Waals surface area contributed by atoms with Crippen molar-refractivity contribution in [2.24, 2.45) is 0 Å². The summed E-state index contributed by atoms with van der Waals surface area (Å²) in [6, 6.07) is 2.57. The van der Waals surface area contributed by atoms with Gasteiger partial charge < -0.3 is 0 Å². The van der Waals surface area contributed by atoms with Crippen LogP contribution in [0.25, 0.3) is 0 Å². The van der Waals surface area contributed by atoms with Crippen LogP contribution in [0.2, 0.25) is 0 Å². The molecule has 0 N–H and O–H groups in total. The molecule has 18 heavy (non-hydrogen) atoms. The van der Waals surface area contributed by atoms with Crippen molar-refractivity contribution in [3.05, 3.63) is 39.4 Å². The number of rotatable bonds is 5. The number of nitro groups is 1. The Bertz CT molecular complexity index is 585. The highest BCUT2D eigenvalue weighted by Crippen LogP contribution is 2.28. The van der Waals surface area contributed by atoms with E-state index < -0.39 is 37.4 Å². The van der Waals surface area contributed by atoms with Crippen LogP contribution in [-0.4, -0.2) is 26.7 Å². The fourth-order valence-electron chi connectivity index (χ4n) is 1.23. The lowest BCUT2D eigenvalue weighted by atomic mass is 10.1. The summed E-state index contributed by atoms with van der Waals surface area (Å²) in [6.07, 6.45) is 0.147. The van der Waals surface area contributed by atoms with Crippen LogP contribution in [0.1, 0.15) is 21.4 Å². The normalized spacial score (nSPS) is 13.0. The van der Waals surface area contributed by atoms with Gasteiger partial charge in [0.2, 0.25) is 0 Å². The van der Waals surface area contributed by atoms with Gasteiger partial charge in [0.25, 0.3) is 11.2 Å². The first kappa shape index (κ1) is 14.2. The molecule has 0 fully saturated rings. The van der Waals surface area contributed by atoms with Crippen molar-refractivity contribution in [1.29, 1.82) is 0 Å². The lowest BCUT2D eigenvalue weighted by Crippen LogP contribution is -2.11. The quantitative estimate of drug-likeness (QED) is 0.348. The van der Waals surface area contributed by atoms with E-state index in [0.717, 1.165) is 25.3 Å². The summed E-state index contributed by atoms with van der Waals surface area (Å²) in [5.74, 6) is 0. The molecule has 7 nitrogen and oxygen atoms in total. The van der Waals surface area contributed by atoms with Gasteiger partial charge in [-0.2, -0.15) is 8.42 Å². The van der Waals surface area contributed by atoms with Gasteiger partial charge in [-0.1, -0.05) is 0 Å². The van der Waals surface area contributed by atoms with Crippen molar-refractivity contribution in [1.82, 2.24) is 0 Å². The van der Waals surface area contributed by atoms with Crippen molar-refractivity contribution in [2.75, 3.05) is 7.11 Å². The molecule has 1 unspecified atom stereocenters. The molecule has 0 spiro atoms. The van der Waals surface area contributed by atoms with Crippen LogP contribution >= 0.6 is 0 Å². The van der Waals surface area contributed by atoms with E-state index in [1.807, 2.05) is 0 Å². The monoisotopic (exact) mass is 277 g/mol. The number of hydrogen-bond donors (Lipinski definition) is 0. The van der Waals surface area contributed by atoms with Crippen LogP contribution in [0, 0.1) is 10.1 Å². The average molecular weight is 277 g/mol. The first-order chi connectivity index (χ1) is 8.33. The summed E-state index contributed by atoms with van der Waals surface area (Å²) in [5, 5.41) is 10.5.